The quantitative estimate of drug-likeness (QED) is 0.341. The highest BCUT2D eigenvalue weighted by molar-refractivity contribution is 8.13. The zero-order valence-corrected chi connectivity index (χ0v) is 16.0. The van der Waals surface area contributed by atoms with Gasteiger partial charge in [0.2, 0.25) is 0 Å². The lowest BCUT2D eigenvalue weighted by molar-refractivity contribution is 0.444. The first kappa shape index (κ1) is 18.1. The van der Waals surface area contributed by atoms with Gasteiger partial charge in [-0.05, 0) is 49.0 Å². The predicted octanol–water partition coefficient (Wildman–Crippen LogP) is 6.51. The first-order valence-electron chi connectivity index (χ1n) is 8.54. The molecule has 2 heteroatoms. The number of nitrogens with zero attached hydrogens (tertiary/aromatic N) is 1. The van der Waals surface area contributed by atoms with E-state index >= 15 is 0 Å². The number of hydrogen-bond donors (Lipinski definition) is 0. The SMILES string of the molecule is C=C(C)C1=C(/N=C(\C)SCCCC)c2ccccc2CC1(C)C. The average Bonchev–Trinajstić information content (AvgIpc) is 2.46. The van der Waals surface area contributed by atoms with Gasteiger partial charge in [0, 0.05) is 5.56 Å². The normalized spacial score (nSPS) is 17.2. The maximum Gasteiger partial charge on any atom is 0.0754 e. The summed E-state index contributed by atoms with van der Waals surface area (Å²) >= 11 is 1.87. The van der Waals surface area contributed by atoms with Crippen LogP contribution in [0.2, 0.25) is 0 Å². The Bertz CT molecular complexity index is 650. The molecule has 0 saturated carbocycles. The topological polar surface area (TPSA) is 12.4 Å². The van der Waals surface area contributed by atoms with Crippen molar-refractivity contribution in [2.45, 2.75) is 53.9 Å². The maximum absolute atomic E-state index is 5.05. The number of thioether (sulfide) groups is 1. The van der Waals surface area contributed by atoms with Gasteiger partial charge in [0.25, 0.3) is 0 Å². The van der Waals surface area contributed by atoms with Gasteiger partial charge >= 0.3 is 0 Å². The van der Waals surface area contributed by atoms with E-state index in [1.807, 2.05) is 11.8 Å². The van der Waals surface area contributed by atoms with Crippen LogP contribution in [0.4, 0.5) is 0 Å². The van der Waals surface area contributed by atoms with Crippen LogP contribution in [0.5, 0.6) is 0 Å². The van der Waals surface area contributed by atoms with Crippen molar-refractivity contribution >= 4 is 22.5 Å². The second kappa shape index (κ2) is 7.53. The van der Waals surface area contributed by atoms with Crippen LogP contribution in [0.1, 0.15) is 58.6 Å². The van der Waals surface area contributed by atoms with Crippen molar-refractivity contribution in [3.8, 4) is 0 Å². The lowest BCUT2D eigenvalue weighted by Crippen LogP contribution is -2.25. The van der Waals surface area contributed by atoms with E-state index in [9.17, 15) is 0 Å². The Kier molecular flexibility index (Phi) is 5.91. The average molecular weight is 328 g/mol. The summed E-state index contributed by atoms with van der Waals surface area (Å²) in [6.07, 6.45) is 3.52. The van der Waals surface area contributed by atoms with Crippen LogP contribution in [0.3, 0.4) is 0 Å². The van der Waals surface area contributed by atoms with Gasteiger partial charge in [-0.15, -0.1) is 11.8 Å². The number of hydrogen-bond acceptors (Lipinski definition) is 2. The predicted molar refractivity (Wildman–Crippen MR) is 106 cm³/mol. The van der Waals surface area contributed by atoms with E-state index in [1.54, 1.807) is 0 Å². The van der Waals surface area contributed by atoms with Crippen LogP contribution in [-0.2, 0) is 6.42 Å². The van der Waals surface area contributed by atoms with Crippen molar-refractivity contribution in [2.24, 2.45) is 10.4 Å². The molecule has 1 aliphatic carbocycles. The fourth-order valence-corrected chi connectivity index (χ4v) is 4.26. The minimum atomic E-state index is 0.0768. The highest BCUT2D eigenvalue weighted by Gasteiger charge is 2.33. The first-order chi connectivity index (χ1) is 10.9. The molecule has 23 heavy (non-hydrogen) atoms. The van der Waals surface area contributed by atoms with Crippen molar-refractivity contribution in [2.75, 3.05) is 5.75 Å². The van der Waals surface area contributed by atoms with Crippen molar-refractivity contribution in [3.63, 3.8) is 0 Å². The van der Waals surface area contributed by atoms with E-state index in [-0.39, 0.29) is 5.41 Å². The smallest absolute Gasteiger partial charge is 0.0754 e. The second-order valence-corrected chi connectivity index (χ2v) is 8.34. The number of benzene rings is 1. The summed E-state index contributed by atoms with van der Waals surface area (Å²) in [6, 6.07) is 8.69. The van der Waals surface area contributed by atoms with Crippen LogP contribution >= 0.6 is 11.8 Å². The molecule has 0 bridgehead atoms. The summed E-state index contributed by atoms with van der Waals surface area (Å²) in [4.78, 5) is 5.05. The van der Waals surface area contributed by atoms with Crippen LogP contribution < -0.4 is 0 Å². The van der Waals surface area contributed by atoms with Crippen molar-refractivity contribution < 1.29 is 0 Å². The van der Waals surface area contributed by atoms with Crippen molar-refractivity contribution in [1.29, 1.82) is 0 Å². The Hall–Kier alpha value is -1.28. The van der Waals surface area contributed by atoms with Crippen molar-refractivity contribution in [1.82, 2.24) is 0 Å². The number of allylic oxidation sites excluding steroid dienone is 2. The third-order valence-electron chi connectivity index (χ3n) is 4.32. The summed E-state index contributed by atoms with van der Waals surface area (Å²) in [5, 5.41) is 1.15. The molecule has 0 atom stereocenters. The van der Waals surface area contributed by atoms with Crippen LogP contribution in [0.15, 0.2) is 47.0 Å². The second-order valence-electron chi connectivity index (χ2n) is 7.05. The molecule has 0 heterocycles. The summed E-state index contributed by atoms with van der Waals surface area (Å²) < 4.78 is 0. The number of rotatable bonds is 5. The fraction of sp³-hybridized carbons (Fsp3) is 0.476. The zero-order chi connectivity index (χ0) is 17.0. The third kappa shape index (κ3) is 4.17. The molecular formula is C21H29NS. The monoisotopic (exact) mass is 327 g/mol. The minimum absolute atomic E-state index is 0.0768. The molecule has 0 radical (unpaired) electrons. The molecule has 1 aliphatic rings. The third-order valence-corrected chi connectivity index (χ3v) is 5.33. The molecule has 0 aliphatic heterocycles. The summed E-state index contributed by atoms with van der Waals surface area (Å²) in [7, 11) is 0. The van der Waals surface area contributed by atoms with Gasteiger partial charge in [-0.3, -0.25) is 0 Å². The van der Waals surface area contributed by atoms with Gasteiger partial charge in [0.05, 0.1) is 10.7 Å². The molecule has 0 fully saturated rings. The molecule has 0 saturated heterocycles. The van der Waals surface area contributed by atoms with E-state index in [4.69, 9.17) is 4.99 Å². The molecule has 1 nitrogen and oxygen atoms in total. The molecule has 0 aromatic heterocycles. The van der Waals surface area contributed by atoms with E-state index in [2.05, 4.69) is 65.5 Å². The molecule has 1 aromatic carbocycles. The van der Waals surface area contributed by atoms with E-state index in [0.717, 1.165) is 28.5 Å². The lowest BCUT2D eigenvalue weighted by Gasteiger charge is -2.35. The molecule has 124 valence electrons. The standard InChI is InChI=1S/C21H29NS/c1-7-8-13-23-16(4)22-20-18-12-10-9-11-17(18)14-21(5,6)19(20)15(2)3/h9-12H,2,7-8,13-14H2,1,3-6H3/b22-16+. The van der Waals surface area contributed by atoms with Gasteiger partial charge in [-0.1, -0.05) is 63.6 Å². The number of unbranched alkanes of at least 4 members (excludes halogenated alkanes) is 1. The highest BCUT2D eigenvalue weighted by atomic mass is 32.2. The summed E-state index contributed by atoms with van der Waals surface area (Å²) in [6.45, 7) is 15.3. The Balaban J connectivity index is 2.52. The Morgan fingerprint density at radius 3 is 2.61 bits per heavy atom. The molecule has 2 rings (SSSR count). The first-order valence-corrected chi connectivity index (χ1v) is 9.52. The van der Waals surface area contributed by atoms with Gasteiger partial charge in [-0.25, -0.2) is 4.99 Å². The van der Waals surface area contributed by atoms with Crippen LogP contribution in [0.25, 0.3) is 5.70 Å². The van der Waals surface area contributed by atoms with Gasteiger partial charge in [0.1, 0.15) is 0 Å². The van der Waals surface area contributed by atoms with Crippen LogP contribution in [-0.4, -0.2) is 10.8 Å². The minimum Gasteiger partial charge on any atom is -0.246 e. The molecule has 0 amide bonds. The lowest BCUT2D eigenvalue weighted by atomic mass is 9.70. The Morgan fingerprint density at radius 1 is 1.26 bits per heavy atom. The largest absolute Gasteiger partial charge is 0.246 e. The number of aliphatic imine (C=N–C) groups is 1. The van der Waals surface area contributed by atoms with E-state index < -0.39 is 0 Å². The summed E-state index contributed by atoms with van der Waals surface area (Å²) in [5.74, 6) is 1.15. The molecule has 0 unspecified atom stereocenters. The van der Waals surface area contributed by atoms with Crippen LogP contribution in [0, 0.1) is 5.41 Å². The Labute approximate surface area is 146 Å². The van der Waals surface area contributed by atoms with E-state index in [1.165, 1.54) is 29.5 Å². The Morgan fingerprint density at radius 2 is 1.96 bits per heavy atom. The van der Waals surface area contributed by atoms with Gasteiger partial charge in [-0.2, -0.15) is 0 Å². The van der Waals surface area contributed by atoms with Gasteiger partial charge in [0.15, 0.2) is 0 Å². The van der Waals surface area contributed by atoms with Crippen molar-refractivity contribution in [3.05, 3.63) is 53.1 Å². The molecule has 1 aromatic rings. The molecule has 0 spiro atoms. The van der Waals surface area contributed by atoms with Gasteiger partial charge < -0.3 is 0 Å². The summed E-state index contributed by atoms with van der Waals surface area (Å²) in [5.41, 5.74) is 6.33. The fourth-order valence-electron chi connectivity index (χ4n) is 3.38. The number of fused-ring (bicyclic) bond motifs is 1. The maximum atomic E-state index is 5.05. The highest BCUT2D eigenvalue weighted by Crippen LogP contribution is 2.46. The van der Waals surface area contributed by atoms with E-state index in [0.29, 0.717) is 0 Å². The molecule has 0 N–H and O–H groups in total. The zero-order valence-electron chi connectivity index (χ0n) is 15.2. The molecular weight excluding hydrogens is 298 g/mol.